The molecule has 0 aliphatic rings. The van der Waals surface area contributed by atoms with Gasteiger partial charge in [-0.3, -0.25) is 0 Å². The molecule has 1 heterocycles. The lowest BCUT2D eigenvalue weighted by Crippen LogP contribution is -2.05. The van der Waals surface area contributed by atoms with Gasteiger partial charge in [-0.15, -0.1) is 0 Å². The van der Waals surface area contributed by atoms with Crippen LogP contribution in [0.5, 0.6) is 23.1 Å². The average Bonchev–Trinajstić information content (AvgIpc) is 2.65. The van der Waals surface area contributed by atoms with E-state index in [1.165, 1.54) is 24.3 Å². The highest BCUT2D eigenvalue weighted by Gasteiger charge is 2.31. The standard InChI is InChI=1S/C19H10ClF4NO4/c20-13-9-10(19(22,23)24)1-7-15(13)28-11-2-4-12(5-3-11)29-16-8-6-14(21)17(25-16)18(26)27/h1-9H,(H,26,27). The summed E-state index contributed by atoms with van der Waals surface area (Å²) in [6.45, 7) is 0. The Balaban J connectivity index is 1.73. The molecule has 150 valence electrons. The molecule has 0 aliphatic heterocycles. The maximum absolute atomic E-state index is 13.4. The third kappa shape index (κ3) is 4.94. The van der Waals surface area contributed by atoms with Crippen molar-refractivity contribution in [3.8, 4) is 23.1 Å². The van der Waals surface area contributed by atoms with Crippen molar-refractivity contribution in [2.24, 2.45) is 0 Å². The van der Waals surface area contributed by atoms with E-state index < -0.39 is 29.2 Å². The fraction of sp³-hybridized carbons (Fsp3) is 0.0526. The Kier molecular flexibility index (Phi) is 5.60. The summed E-state index contributed by atoms with van der Waals surface area (Å²) in [6.07, 6.45) is -4.52. The smallest absolute Gasteiger partial charge is 0.416 e. The van der Waals surface area contributed by atoms with Crippen LogP contribution in [-0.4, -0.2) is 16.1 Å². The second-order valence-corrected chi connectivity index (χ2v) is 6.01. The van der Waals surface area contributed by atoms with E-state index in [0.717, 1.165) is 30.3 Å². The molecule has 10 heteroatoms. The van der Waals surface area contributed by atoms with Gasteiger partial charge in [-0.2, -0.15) is 13.2 Å². The summed E-state index contributed by atoms with van der Waals surface area (Å²) in [7, 11) is 0. The second kappa shape index (κ2) is 7.96. The largest absolute Gasteiger partial charge is 0.476 e. The number of carboxylic acid groups (broad SMARTS) is 1. The highest BCUT2D eigenvalue weighted by atomic mass is 35.5. The van der Waals surface area contributed by atoms with Gasteiger partial charge < -0.3 is 14.6 Å². The fourth-order valence-corrected chi connectivity index (χ4v) is 2.43. The van der Waals surface area contributed by atoms with Crippen LogP contribution in [0.2, 0.25) is 5.02 Å². The Hall–Kier alpha value is -3.33. The maximum Gasteiger partial charge on any atom is 0.416 e. The zero-order chi connectivity index (χ0) is 21.2. The van der Waals surface area contributed by atoms with Gasteiger partial charge in [0.2, 0.25) is 5.88 Å². The lowest BCUT2D eigenvalue weighted by molar-refractivity contribution is -0.137. The molecule has 0 saturated heterocycles. The van der Waals surface area contributed by atoms with Crippen molar-refractivity contribution in [2.45, 2.75) is 6.18 Å². The molecule has 0 amide bonds. The summed E-state index contributed by atoms with van der Waals surface area (Å²) in [4.78, 5) is 14.5. The summed E-state index contributed by atoms with van der Waals surface area (Å²) in [5, 5.41) is 8.66. The van der Waals surface area contributed by atoms with E-state index >= 15 is 0 Å². The number of hydrogen-bond acceptors (Lipinski definition) is 4. The van der Waals surface area contributed by atoms with Crippen LogP contribution in [-0.2, 0) is 6.18 Å². The molecule has 3 aromatic rings. The minimum absolute atomic E-state index is 0.0274. The number of carboxylic acids is 1. The zero-order valence-electron chi connectivity index (χ0n) is 14.2. The van der Waals surface area contributed by atoms with Crippen LogP contribution in [0.25, 0.3) is 0 Å². The molecule has 1 aromatic heterocycles. The van der Waals surface area contributed by atoms with Gasteiger partial charge in [0.1, 0.15) is 17.2 Å². The molecule has 0 bridgehead atoms. The number of hydrogen-bond donors (Lipinski definition) is 1. The predicted molar refractivity (Wildman–Crippen MR) is 94.2 cm³/mol. The van der Waals surface area contributed by atoms with Gasteiger partial charge >= 0.3 is 12.1 Å². The first-order valence-electron chi connectivity index (χ1n) is 7.86. The van der Waals surface area contributed by atoms with Crippen LogP contribution >= 0.6 is 11.6 Å². The minimum atomic E-state index is -4.52. The van der Waals surface area contributed by atoms with E-state index in [2.05, 4.69) is 4.98 Å². The molecule has 0 unspecified atom stereocenters. The number of benzene rings is 2. The van der Waals surface area contributed by atoms with Crippen molar-refractivity contribution in [1.82, 2.24) is 4.98 Å². The van der Waals surface area contributed by atoms with Crippen LogP contribution in [0.15, 0.2) is 54.6 Å². The molecule has 2 aromatic carbocycles. The minimum Gasteiger partial charge on any atom is -0.476 e. The molecule has 1 N–H and O–H groups in total. The summed E-state index contributed by atoms with van der Waals surface area (Å²) < 4.78 is 62.2. The highest BCUT2D eigenvalue weighted by Crippen LogP contribution is 2.36. The van der Waals surface area contributed by atoms with Crippen molar-refractivity contribution in [3.05, 3.63) is 76.7 Å². The number of pyridine rings is 1. The van der Waals surface area contributed by atoms with E-state index in [1.807, 2.05) is 0 Å². The Bertz CT molecular complexity index is 1060. The predicted octanol–water partition coefficient (Wildman–Crippen LogP) is 6.18. The maximum atomic E-state index is 13.4. The molecule has 5 nitrogen and oxygen atoms in total. The Morgan fingerprint density at radius 3 is 2.14 bits per heavy atom. The van der Waals surface area contributed by atoms with Crippen LogP contribution < -0.4 is 9.47 Å². The first-order chi connectivity index (χ1) is 13.6. The van der Waals surface area contributed by atoms with Crippen LogP contribution in [0, 0.1) is 5.82 Å². The number of aromatic carboxylic acids is 1. The lowest BCUT2D eigenvalue weighted by Gasteiger charge is -2.11. The Morgan fingerprint density at radius 2 is 1.59 bits per heavy atom. The highest BCUT2D eigenvalue weighted by molar-refractivity contribution is 6.32. The van der Waals surface area contributed by atoms with Crippen molar-refractivity contribution < 1.29 is 36.9 Å². The van der Waals surface area contributed by atoms with Gasteiger partial charge in [0.15, 0.2) is 11.5 Å². The summed E-state index contributed by atoms with van der Waals surface area (Å²) in [5.41, 5.74) is -1.68. The Morgan fingerprint density at radius 1 is 0.966 bits per heavy atom. The molecule has 0 aliphatic carbocycles. The molecule has 0 saturated carbocycles. The van der Waals surface area contributed by atoms with Crippen molar-refractivity contribution >= 4 is 17.6 Å². The molecule has 29 heavy (non-hydrogen) atoms. The number of carbonyl (C=O) groups is 1. The summed E-state index contributed by atoms with van der Waals surface area (Å²) in [5.74, 6) is -2.14. The average molecular weight is 428 g/mol. The molecule has 3 rings (SSSR count). The number of ether oxygens (including phenoxy) is 2. The van der Waals surface area contributed by atoms with Crippen LogP contribution in [0.1, 0.15) is 16.1 Å². The Labute approximate surface area is 166 Å². The van der Waals surface area contributed by atoms with Gasteiger partial charge in [-0.25, -0.2) is 14.2 Å². The molecular formula is C19H10ClF4NO4. The molecular weight excluding hydrogens is 418 g/mol. The van der Waals surface area contributed by atoms with Gasteiger partial charge in [0.05, 0.1) is 10.6 Å². The second-order valence-electron chi connectivity index (χ2n) is 5.60. The summed E-state index contributed by atoms with van der Waals surface area (Å²) in [6, 6.07) is 10.6. The third-order valence-electron chi connectivity index (χ3n) is 3.56. The quantitative estimate of drug-likeness (QED) is 0.493. The number of rotatable bonds is 5. The number of nitrogens with zero attached hydrogens (tertiary/aromatic N) is 1. The van der Waals surface area contributed by atoms with Crippen molar-refractivity contribution in [1.29, 1.82) is 0 Å². The van der Waals surface area contributed by atoms with Gasteiger partial charge in [-0.1, -0.05) is 11.6 Å². The van der Waals surface area contributed by atoms with E-state index in [0.29, 0.717) is 0 Å². The van der Waals surface area contributed by atoms with Crippen molar-refractivity contribution in [2.75, 3.05) is 0 Å². The summed E-state index contributed by atoms with van der Waals surface area (Å²) >= 11 is 5.84. The molecule has 0 atom stereocenters. The molecule has 0 fully saturated rings. The van der Waals surface area contributed by atoms with E-state index in [1.54, 1.807) is 0 Å². The topological polar surface area (TPSA) is 68.7 Å². The van der Waals surface area contributed by atoms with Crippen LogP contribution in [0.4, 0.5) is 17.6 Å². The SMILES string of the molecule is O=C(O)c1nc(Oc2ccc(Oc3ccc(C(F)(F)F)cc3Cl)cc2)ccc1F. The lowest BCUT2D eigenvalue weighted by atomic mass is 10.2. The first kappa shape index (κ1) is 20.4. The van der Waals surface area contributed by atoms with E-state index in [-0.39, 0.29) is 28.2 Å². The van der Waals surface area contributed by atoms with Gasteiger partial charge in [0, 0.05) is 6.07 Å². The number of aromatic nitrogens is 1. The number of alkyl halides is 3. The van der Waals surface area contributed by atoms with E-state index in [9.17, 15) is 22.4 Å². The fourth-order valence-electron chi connectivity index (χ4n) is 2.21. The monoisotopic (exact) mass is 427 g/mol. The van der Waals surface area contributed by atoms with Gasteiger partial charge in [-0.05, 0) is 48.5 Å². The molecule has 0 radical (unpaired) electrons. The van der Waals surface area contributed by atoms with Crippen LogP contribution in [0.3, 0.4) is 0 Å². The molecule has 0 spiro atoms. The number of halogens is 5. The van der Waals surface area contributed by atoms with E-state index in [4.69, 9.17) is 26.2 Å². The zero-order valence-corrected chi connectivity index (χ0v) is 15.0. The van der Waals surface area contributed by atoms with Crippen molar-refractivity contribution in [3.63, 3.8) is 0 Å². The third-order valence-corrected chi connectivity index (χ3v) is 3.85. The normalized spacial score (nSPS) is 11.2. The van der Waals surface area contributed by atoms with Gasteiger partial charge in [0.25, 0.3) is 0 Å². The first-order valence-corrected chi connectivity index (χ1v) is 8.23.